The summed E-state index contributed by atoms with van der Waals surface area (Å²) < 4.78 is 13.3. The molecule has 0 aliphatic rings. The zero-order chi connectivity index (χ0) is 15.5. The third kappa shape index (κ3) is 2.64. The van der Waals surface area contributed by atoms with Crippen molar-refractivity contribution in [2.75, 3.05) is 13.2 Å². The van der Waals surface area contributed by atoms with E-state index in [-0.39, 0.29) is 0 Å². The van der Waals surface area contributed by atoms with Crippen LogP contribution in [0.15, 0.2) is 42.7 Å². The van der Waals surface area contributed by atoms with Crippen LogP contribution < -0.4 is 9.47 Å². The van der Waals surface area contributed by atoms with Gasteiger partial charge in [0.25, 0.3) is 0 Å². The highest BCUT2D eigenvalue weighted by molar-refractivity contribution is 5.67. The van der Waals surface area contributed by atoms with Crippen molar-refractivity contribution >= 4 is 5.65 Å². The first-order chi connectivity index (χ1) is 10.7. The van der Waals surface area contributed by atoms with Crippen LogP contribution in [0.2, 0.25) is 0 Å². The van der Waals surface area contributed by atoms with Gasteiger partial charge in [0.1, 0.15) is 5.65 Å². The maximum atomic E-state index is 5.69. The van der Waals surface area contributed by atoms with E-state index in [1.54, 1.807) is 0 Å². The molecule has 2 heterocycles. The number of rotatable bonds is 5. The summed E-state index contributed by atoms with van der Waals surface area (Å²) in [5.74, 6) is 1.53. The van der Waals surface area contributed by atoms with E-state index in [2.05, 4.69) is 13.0 Å². The van der Waals surface area contributed by atoms with Crippen LogP contribution in [0.25, 0.3) is 16.9 Å². The number of pyridine rings is 1. The van der Waals surface area contributed by atoms with Crippen LogP contribution in [-0.2, 0) is 0 Å². The Bertz CT molecular complexity index is 793. The van der Waals surface area contributed by atoms with Crippen LogP contribution in [0.5, 0.6) is 11.5 Å². The standard InChI is InChI=1S/C18H20N2O2/c1-4-21-16-9-8-14(11-17(16)22-5-2)15-12-20-10-6-7-13(3)18(20)19-15/h6-12H,4-5H2,1-3H3. The minimum Gasteiger partial charge on any atom is -0.490 e. The number of hydrogen-bond acceptors (Lipinski definition) is 3. The summed E-state index contributed by atoms with van der Waals surface area (Å²) in [5, 5.41) is 0. The quantitative estimate of drug-likeness (QED) is 0.711. The predicted octanol–water partition coefficient (Wildman–Crippen LogP) is 4.11. The summed E-state index contributed by atoms with van der Waals surface area (Å²) >= 11 is 0. The molecule has 0 saturated heterocycles. The molecular formula is C18H20N2O2. The maximum Gasteiger partial charge on any atom is 0.161 e. The zero-order valence-electron chi connectivity index (χ0n) is 13.2. The summed E-state index contributed by atoms with van der Waals surface area (Å²) in [4.78, 5) is 4.73. The number of nitrogens with zero attached hydrogens (tertiary/aromatic N) is 2. The fourth-order valence-electron chi connectivity index (χ4n) is 2.50. The number of aryl methyl sites for hydroxylation is 1. The second-order valence-electron chi connectivity index (χ2n) is 5.08. The SMILES string of the molecule is CCOc1ccc(-c2cn3cccc(C)c3n2)cc1OCC. The van der Waals surface area contributed by atoms with Crippen molar-refractivity contribution in [3.63, 3.8) is 0 Å². The number of hydrogen-bond donors (Lipinski definition) is 0. The average molecular weight is 296 g/mol. The van der Waals surface area contributed by atoms with E-state index in [1.165, 1.54) is 0 Å². The lowest BCUT2D eigenvalue weighted by atomic mass is 10.1. The number of benzene rings is 1. The molecule has 0 aliphatic carbocycles. The van der Waals surface area contributed by atoms with E-state index < -0.39 is 0 Å². The van der Waals surface area contributed by atoms with Gasteiger partial charge < -0.3 is 13.9 Å². The molecule has 0 saturated carbocycles. The summed E-state index contributed by atoms with van der Waals surface area (Å²) in [6.07, 6.45) is 4.05. The van der Waals surface area contributed by atoms with Gasteiger partial charge in [-0.05, 0) is 50.6 Å². The van der Waals surface area contributed by atoms with E-state index in [0.29, 0.717) is 13.2 Å². The van der Waals surface area contributed by atoms with Crippen molar-refractivity contribution in [1.82, 2.24) is 9.38 Å². The Morgan fingerprint density at radius 1 is 1.05 bits per heavy atom. The van der Waals surface area contributed by atoms with E-state index in [0.717, 1.165) is 34.0 Å². The molecule has 0 N–H and O–H groups in total. The molecular weight excluding hydrogens is 276 g/mol. The lowest BCUT2D eigenvalue weighted by molar-refractivity contribution is 0.288. The summed E-state index contributed by atoms with van der Waals surface area (Å²) in [5.41, 5.74) is 4.09. The van der Waals surface area contributed by atoms with Crippen molar-refractivity contribution in [3.8, 4) is 22.8 Å². The van der Waals surface area contributed by atoms with Gasteiger partial charge in [-0.1, -0.05) is 6.07 Å². The molecule has 4 nitrogen and oxygen atoms in total. The summed E-state index contributed by atoms with van der Waals surface area (Å²) in [6, 6.07) is 10.0. The van der Waals surface area contributed by atoms with Crippen molar-refractivity contribution in [2.24, 2.45) is 0 Å². The van der Waals surface area contributed by atoms with E-state index in [9.17, 15) is 0 Å². The van der Waals surface area contributed by atoms with Crippen molar-refractivity contribution < 1.29 is 9.47 Å². The Labute approximate surface area is 130 Å². The molecule has 2 aromatic heterocycles. The Balaban J connectivity index is 2.05. The third-order valence-electron chi connectivity index (χ3n) is 3.52. The lowest BCUT2D eigenvalue weighted by Gasteiger charge is -2.11. The molecule has 0 bridgehead atoms. The van der Waals surface area contributed by atoms with Gasteiger partial charge in [0.05, 0.1) is 18.9 Å². The first-order valence-corrected chi connectivity index (χ1v) is 7.57. The van der Waals surface area contributed by atoms with Crippen LogP contribution >= 0.6 is 0 Å². The minimum atomic E-state index is 0.605. The second-order valence-corrected chi connectivity index (χ2v) is 5.08. The highest BCUT2D eigenvalue weighted by Crippen LogP contribution is 2.32. The van der Waals surface area contributed by atoms with Crippen LogP contribution in [0.1, 0.15) is 19.4 Å². The topological polar surface area (TPSA) is 35.8 Å². The first kappa shape index (κ1) is 14.4. The molecule has 0 spiro atoms. The molecule has 0 radical (unpaired) electrons. The molecule has 0 unspecified atom stereocenters. The third-order valence-corrected chi connectivity index (χ3v) is 3.52. The Kier molecular flexibility index (Phi) is 4.00. The van der Waals surface area contributed by atoms with Crippen molar-refractivity contribution in [1.29, 1.82) is 0 Å². The second kappa shape index (κ2) is 6.10. The van der Waals surface area contributed by atoms with E-state index >= 15 is 0 Å². The molecule has 0 aliphatic heterocycles. The highest BCUT2D eigenvalue weighted by Gasteiger charge is 2.10. The van der Waals surface area contributed by atoms with E-state index in [4.69, 9.17) is 14.5 Å². The van der Waals surface area contributed by atoms with Gasteiger partial charge >= 0.3 is 0 Å². The molecule has 0 atom stereocenters. The van der Waals surface area contributed by atoms with Gasteiger partial charge in [0, 0.05) is 18.0 Å². The average Bonchev–Trinajstić information content (AvgIpc) is 2.95. The fourth-order valence-corrected chi connectivity index (χ4v) is 2.50. The largest absolute Gasteiger partial charge is 0.490 e. The number of fused-ring (bicyclic) bond motifs is 1. The van der Waals surface area contributed by atoms with Crippen molar-refractivity contribution in [2.45, 2.75) is 20.8 Å². The van der Waals surface area contributed by atoms with Gasteiger partial charge in [-0.3, -0.25) is 0 Å². The minimum absolute atomic E-state index is 0.605. The maximum absolute atomic E-state index is 5.69. The molecule has 0 amide bonds. The normalized spacial score (nSPS) is 10.9. The Morgan fingerprint density at radius 2 is 1.82 bits per heavy atom. The van der Waals surface area contributed by atoms with Gasteiger partial charge in [-0.25, -0.2) is 4.98 Å². The highest BCUT2D eigenvalue weighted by atomic mass is 16.5. The first-order valence-electron chi connectivity index (χ1n) is 7.57. The van der Waals surface area contributed by atoms with Crippen LogP contribution in [0.4, 0.5) is 0 Å². The molecule has 3 aromatic rings. The summed E-state index contributed by atoms with van der Waals surface area (Å²) in [6.45, 7) is 7.22. The molecule has 4 heteroatoms. The van der Waals surface area contributed by atoms with Gasteiger partial charge in [-0.2, -0.15) is 0 Å². The van der Waals surface area contributed by atoms with Gasteiger partial charge in [0.2, 0.25) is 0 Å². The van der Waals surface area contributed by atoms with E-state index in [1.807, 2.05) is 54.9 Å². The molecule has 114 valence electrons. The summed E-state index contributed by atoms with van der Waals surface area (Å²) in [7, 11) is 0. The Hall–Kier alpha value is -2.49. The number of imidazole rings is 1. The zero-order valence-corrected chi connectivity index (χ0v) is 13.2. The fraction of sp³-hybridized carbons (Fsp3) is 0.278. The molecule has 22 heavy (non-hydrogen) atoms. The Morgan fingerprint density at radius 3 is 2.55 bits per heavy atom. The van der Waals surface area contributed by atoms with Crippen LogP contribution in [0.3, 0.4) is 0 Å². The van der Waals surface area contributed by atoms with Crippen LogP contribution in [0, 0.1) is 6.92 Å². The molecule has 3 rings (SSSR count). The van der Waals surface area contributed by atoms with Crippen molar-refractivity contribution in [3.05, 3.63) is 48.3 Å². The van der Waals surface area contributed by atoms with Crippen LogP contribution in [-0.4, -0.2) is 22.6 Å². The van der Waals surface area contributed by atoms with Gasteiger partial charge in [0.15, 0.2) is 11.5 Å². The number of aromatic nitrogens is 2. The smallest absolute Gasteiger partial charge is 0.161 e. The lowest BCUT2D eigenvalue weighted by Crippen LogP contribution is -1.98. The molecule has 0 fully saturated rings. The molecule has 1 aromatic carbocycles. The monoisotopic (exact) mass is 296 g/mol. The van der Waals surface area contributed by atoms with Gasteiger partial charge in [-0.15, -0.1) is 0 Å². The predicted molar refractivity (Wildman–Crippen MR) is 87.7 cm³/mol. The number of ether oxygens (including phenoxy) is 2.